The van der Waals surface area contributed by atoms with Crippen LogP contribution >= 0.6 is 0 Å². The van der Waals surface area contributed by atoms with Crippen LogP contribution in [0.15, 0.2) is 46.1 Å². The van der Waals surface area contributed by atoms with E-state index in [1.165, 1.54) is 22.4 Å². The van der Waals surface area contributed by atoms with Crippen LogP contribution in [0.2, 0.25) is 0 Å². The molecule has 0 atom stereocenters. The maximum Gasteiger partial charge on any atom is 0.332 e. The Balaban J connectivity index is 1.96. The Hall–Kier alpha value is -2.14. The van der Waals surface area contributed by atoms with Crippen molar-refractivity contribution < 1.29 is 0 Å². The molecule has 0 radical (unpaired) electrons. The molecule has 18 heavy (non-hydrogen) atoms. The van der Waals surface area contributed by atoms with E-state index in [4.69, 9.17) is 0 Å². The van der Waals surface area contributed by atoms with E-state index in [-0.39, 0.29) is 5.56 Å². The molecule has 92 valence electrons. The maximum atomic E-state index is 11.6. The molecule has 1 aliphatic heterocycles. The summed E-state index contributed by atoms with van der Waals surface area (Å²) >= 11 is 0. The highest BCUT2D eigenvalue weighted by Crippen LogP contribution is 2.20. The van der Waals surface area contributed by atoms with E-state index in [0.717, 1.165) is 18.8 Å². The summed E-state index contributed by atoms with van der Waals surface area (Å²) in [5.41, 5.74) is 1.23. The molecular weight excluding hydrogens is 230 g/mol. The Kier molecular flexibility index (Phi) is 2.60. The van der Waals surface area contributed by atoms with Gasteiger partial charge in [-0.05, 0) is 17.7 Å². The maximum absolute atomic E-state index is 11.6. The molecule has 0 bridgehead atoms. The fourth-order valence-corrected chi connectivity index (χ4v) is 2.05. The van der Waals surface area contributed by atoms with Gasteiger partial charge in [0.2, 0.25) is 0 Å². The zero-order valence-electron chi connectivity index (χ0n) is 9.72. The molecule has 2 heterocycles. The van der Waals surface area contributed by atoms with Crippen LogP contribution in [0.1, 0.15) is 11.5 Å². The van der Waals surface area contributed by atoms with Crippen LogP contribution in [0.25, 0.3) is 5.69 Å². The van der Waals surface area contributed by atoms with Crippen molar-refractivity contribution in [1.82, 2.24) is 14.9 Å². The van der Waals surface area contributed by atoms with E-state index >= 15 is 0 Å². The van der Waals surface area contributed by atoms with Gasteiger partial charge >= 0.3 is 5.69 Å². The highest BCUT2D eigenvalue weighted by molar-refractivity contribution is 5.36. The number of hydrogen-bond donors (Lipinski definition) is 2. The van der Waals surface area contributed by atoms with E-state index in [9.17, 15) is 9.59 Å². The first-order valence-electron chi connectivity index (χ1n) is 5.87. The smallest absolute Gasteiger partial charge is 0.315 e. The Labute approximate surface area is 103 Å². The second kappa shape index (κ2) is 4.27. The molecule has 5 heteroatoms. The lowest BCUT2D eigenvalue weighted by atomic mass is 9.94. The molecule has 1 aromatic heterocycles. The van der Waals surface area contributed by atoms with Gasteiger partial charge < -0.3 is 5.32 Å². The van der Waals surface area contributed by atoms with Gasteiger partial charge in [0.05, 0.1) is 5.69 Å². The van der Waals surface area contributed by atoms with Crippen LogP contribution in [0, 0.1) is 0 Å². The summed E-state index contributed by atoms with van der Waals surface area (Å²) in [4.78, 5) is 24.9. The lowest BCUT2D eigenvalue weighted by molar-refractivity contribution is 0.448. The van der Waals surface area contributed by atoms with Crippen molar-refractivity contribution in [3.8, 4) is 5.69 Å². The number of aromatic amines is 1. The third-order valence-corrected chi connectivity index (χ3v) is 3.25. The normalized spacial score (nSPS) is 15.3. The summed E-state index contributed by atoms with van der Waals surface area (Å²) in [6.07, 6.45) is 1.49. The van der Waals surface area contributed by atoms with Crippen molar-refractivity contribution in [2.75, 3.05) is 13.1 Å². The topological polar surface area (TPSA) is 66.9 Å². The number of H-pyrrole nitrogens is 1. The molecule has 0 aliphatic carbocycles. The van der Waals surface area contributed by atoms with Crippen molar-refractivity contribution in [3.63, 3.8) is 0 Å². The Morgan fingerprint density at radius 3 is 2.33 bits per heavy atom. The summed E-state index contributed by atoms with van der Waals surface area (Å²) in [7, 11) is 0. The fraction of sp³-hybridized carbons (Fsp3) is 0.231. The number of hydrogen-bond acceptors (Lipinski definition) is 3. The molecule has 3 rings (SSSR count). The van der Waals surface area contributed by atoms with E-state index in [0.29, 0.717) is 5.92 Å². The Morgan fingerprint density at radius 1 is 1.06 bits per heavy atom. The minimum atomic E-state index is -0.416. The third-order valence-electron chi connectivity index (χ3n) is 3.25. The van der Waals surface area contributed by atoms with Gasteiger partial charge in [0.1, 0.15) is 0 Å². The summed E-state index contributed by atoms with van der Waals surface area (Å²) in [5.74, 6) is 0.575. The standard InChI is InChI=1S/C13H13N3O2/c17-12-5-6-16(13(18)15-12)11-3-1-9(2-4-11)10-7-14-8-10/h1-6,10,14H,7-8H2,(H,15,17,18). The average Bonchev–Trinajstić information content (AvgIpc) is 2.28. The lowest BCUT2D eigenvalue weighted by Gasteiger charge is -2.27. The van der Waals surface area contributed by atoms with Gasteiger partial charge in [-0.15, -0.1) is 0 Å². The summed E-state index contributed by atoms with van der Waals surface area (Å²) in [6.45, 7) is 2.02. The first kappa shape index (κ1) is 11.0. The molecule has 0 amide bonds. The van der Waals surface area contributed by atoms with Gasteiger partial charge in [0, 0.05) is 31.3 Å². The second-order valence-corrected chi connectivity index (χ2v) is 4.43. The fourth-order valence-electron chi connectivity index (χ4n) is 2.05. The number of benzene rings is 1. The van der Waals surface area contributed by atoms with Crippen molar-refractivity contribution in [1.29, 1.82) is 0 Å². The minimum absolute atomic E-state index is 0.381. The van der Waals surface area contributed by atoms with Crippen LogP contribution < -0.4 is 16.6 Å². The molecule has 0 saturated carbocycles. The summed E-state index contributed by atoms with van der Waals surface area (Å²) < 4.78 is 1.42. The largest absolute Gasteiger partial charge is 0.332 e. The summed E-state index contributed by atoms with van der Waals surface area (Å²) in [6, 6.07) is 9.18. The third kappa shape index (κ3) is 1.89. The first-order chi connectivity index (χ1) is 8.74. The van der Waals surface area contributed by atoms with Crippen molar-refractivity contribution >= 4 is 0 Å². The van der Waals surface area contributed by atoms with Crippen LogP contribution in [0.3, 0.4) is 0 Å². The van der Waals surface area contributed by atoms with Crippen LogP contribution in [-0.4, -0.2) is 22.6 Å². The van der Waals surface area contributed by atoms with Crippen LogP contribution in [0.5, 0.6) is 0 Å². The number of rotatable bonds is 2. The molecular formula is C13H13N3O2. The van der Waals surface area contributed by atoms with Crippen molar-refractivity contribution in [2.45, 2.75) is 5.92 Å². The van der Waals surface area contributed by atoms with Gasteiger partial charge in [0.15, 0.2) is 0 Å². The summed E-state index contributed by atoms with van der Waals surface area (Å²) in [5, 5.41) is 3.23. The highest BCUT2D eigenvalue weighted by Gasteiger charge is 2.18. The lowest BCUT2D eigenvalue weighted by Crippen LogP contribution is -2.39. The molecule has 1 aromatic carbocycles. The number of nitrogens with one attached hydrogen (secondary N) is 2. The Morgan fingerprint density at radius 2 is 1.78 bits per heavy atom. The van der Waals surface area contributed by atoms with Gasteiger partial charge in [-0.2, -0.15) is 0 Å². The molecule has 2 N–H and O–H groups in total. The zero-order chi connectivity index (χ0) is 12.5. The molecule has 2 aromatic rings. The Bertz CT molecular complexity index is 666. The van der Waals surface area contributed by atoms with E-state index in [1.807, 2.05) is 24.3 Å². The zero-order valence-corrected chi connectivity index (χ0v) is 9.72. The monoisotopic (exact) mass is 243 g/mol. The van der Waals surface area contributed by atoms with Gasteiger partial charge in [0.25, 0.3) is 5.56 Å². The number of nitrogens with zero attached hydrogens (tertiary/aromatic N) is 1. The quantitative estimate of drug-likeness (QED) is 0.792. The van der Waals surface area contributed by atoms with Crippen LogP contribution in [0.4, 0.5) is 0 Å². The molecule has 0 spiro atoms. The van der Waals surface area contributed by atoms with E-state index < -0.39 is 5.69 Å². The van der Waals surface area contributed by atoms with Gasteiger partial charge in [-0.25, -0.2) is 4.79 Å². The average molecular weight is 243 g/mol. The van der Waals surface area contributed by atoms with Crippen LogP contribution in [-0.2, 0) is 0 Å². The van der Waals surface area contributed by atoms with Gasteiger partial charge in [-0.3, -0.25) is 14.3 Å². The highest BCUT2D eigenvalue weighted by atomic mass is 16.2. The predicted octanol–water partition coefficient (Wildman–Crippen LogP) is 0.213. The molecule has 1 fully saturated rings. The molecule has 1 aliphatic rings. The first-order valence-corrected chi connectivity index (χ1v) is 5.87. The van der Waals surface area contributed by atoms with E-state index in [2.05, 4.69) is 10.3 Å². The molecule has 0 unspecified atom stereocenters. The molecule has 5 nitrogen and oxygen atoms in total. The van der Waals surface area contributed by atoms with E-state index in [1.54, 1.807) is 0 Å². The predicted molar refractivity (Wildman–Crippen MR) is 68.3 cm³/mol. The van der Waals surface area contributed by atoms with Gasteiger partial charge in [-0.1, -0.05) is 12.1 Å². The van der Waals surface area contributed by atoms with Crippen molar-refractivity contribution in [3.05, 3.63) is 62.9 Å². The second-order valence-electron chi connectivity index (χ2n) is 4.43. The minimum Gasteiger partial charge on any atom is -0.315 e. The van der Waals surface area contributed by atoms with Crippen molar-refractivity contribution in [2.24, 2.45) is 0 Å². The SMILES string of the molecule is O=c1ccn(-c2ccc(C3CNC3)cc2)c(=O)[nH]1. The number of aromatic nitrogens is 2. The molecule has 1 saturated heterocycles.